The van der Waals surface area contributed by atoms with Gasteiger partial charge in [-0.2, -0.15) is 0 Å². The minimum Gasteiger partial charge on any atom is -0.336 e. The summed E-state index contributed by atoms with van der Waals surface area (Å²) in [5.74, 6) is -0.329. The number of carbonyl (C=O) groups excluding carboxylic acids is 3. The van der Waals surface area contributed by atoms with Crippen molar-refractivity contribution in [2.75, 3.05) is 23.8 Å². The van der Waals surface area contributed by atoms with Crippen molar-refractivity contribution in [2.45, 2.75) is 38.6 Å². The average Bonchev–Trinajstić information content (AvgIpc) is 2.75. The van der Waals surface area contributed by atoms with Crippen LogP contribution in [0.4, 0.5) is 11.4 Å². The van der Waals surface area contributed by atoms with Crippen LogP contribution < -0.4 is 10.2 Å². The normalized spacial score (nSPS) is 22.2. The molecule has 2 atom stereocenters. The Labute approximate surface area is 153 Å². The molecule has 1 aliphatic carbocycles. The number of nitrogens with one attached hydrogen (secondary N) is 1. The summed E-state index contributed by atoms with van der Waals surface area (Å²) in [6, 6.07) is 7.00. The number of hydrogen-bond donors (Lipinski definition) is 1. The van der Waals surface area contributed by atoms with E-state index in [1.165, 1.54) is 4.90 Å². The fraction of sp³-hybridized carbons (Fsp3) is 0.450. The van der Waals surface area contributed by atoms with E-state index in [0.717, 1.165) is 19.3 Å². The third kappa shape index (κ3) is 3.79. The van der Waals surface area contributed by atoms with Gasteiger partial charge in [0.1, 0.15) is 0 Å². The molecule has 1 aromatic carbocycles. The van der Waals surface area contributed by atoms with Gasteiger partial charge in [-0.1, -0.05) is 24.3 Å². The number of likely N-dealkylation sites (N-methyl/N-ethyl adjacent to an activating group) is 1. The first kappa shape index (κ1) is 18.2. The molecule has 1 N–H and O–H groups in total. The van der Waals surface area contributed by atoms with Crippen LogP contribution in [0, 0.1) is 5.92 Å². The number of fused-ring (bicyclic) bond motifs is 1. The molecule has 0 radical (unpaired) electrons. The van der Waals surface area contributed by atoms with Gasteiger partial charge in [-0.05, 0) is 38.3 Å². The highest BCUT2D eigenvalue weighted by Crippen LogP contribution is 2.31. The van der Waals surface area contributed by atoms with Crippen LogP contribution in [0.15, 0.2) is 36.4 Å². The van der Waals surface area contributed by atoms with Gasteiger partial charge in [-0.3, -0.25) is 14.4 Å². The Bertz CT molecular complexity index is 744. The Kier molecular flexibility index (Phi) is 5.40. The number of amides is 3. The zero-order valence-corrected chi connectivity index (χ0v) is 15.3. The molecule has 6 nitrogen and oxygen atoms in total. The van der Waals surface area contributed by atoms with Gasteiger partial charge >= 0.3 is 0 Å². The zero-order valence-electron chi connectivity index (χ0n) is 15.3. The third-order valence-electron chi connectivity index (χ3n) is 4.99. The van der Waals surface area contributed by atoms with E-state index < -0.39 is 0 Å². The molecule has 0 saturated heterocycles. The van der Waals surface area contributed by atoms with Crippen LogP contribution in [0.2, 0.25) is 0 Å². The molecule has 6 heteroatoms. The monoisotopic (exact) mass is 355 g/mol. The van der Waals surface area contributed by atoms with Gasteiger partial charge in [0, 0.05) is 25.4 Å². The molecule has 2 aliphatic rings. The molecule has 26 heavy (non-hydrogen) atoms. The molecule has 3 amide bonds. The Morgan fingerprint density at radius 2 is 2.04 bits per heavy atom. The molecule has 0 spiro atoms. The first-order valence-electron chi connectivity index (χ1n) is 9.08. The lowest BCUT2D eigenvalue weighted by molar-refractivity contribution is -0.137. The number of hydrogen-bond acceptors (Lipinski definition) is 3. The summed E-state index contributed by atoms with van der Waals surface area (Å²) in [6.45, 7) is 1.86. The lowest BCUT2D eigenvalue weighted by Crippen LogP contribution is -2.46. The number of carbonyl (C=O) groups is 3. The molecule has 0 saturated carbocycles. The second-order valence-electron chi connectivity index (χ2n) is 7.06. The van der Waals surface area contributed by atoms with Crippen molar-refractivity contribution in [1.29, 1.82) is 0 Å². The summed E-state index contributed by atoms with van der Waals surface area (Å²) in [4.78, 5) is 40.8. The van der Waals surface area contributed by atoms with Crippen molar-refractivity contribution in [3.05, 3.63) is 36.4 Å². The molecule has 0 unspecified atom stereocenters. The van der Waals surface area contributed by atoms with Crippen LogP contribution in [0.25, 0.3) is 0 Å². The quantitative estimate of drug-likeness (QED) is 0.847. The Hall–Kier alpha value is -2.63. The van der Waals surface area contributed by atoms with Crippen LogP contribution in [0.3, 0.4) is 0 Å². The number of benzene rings is 1. The first-order valence-corrected chi connectivity index (χ1v) is 9.08. The highest BCUT2D eigenvalue weighted by molar-refractivity contribution is 6.05. The van der Waals surface area contributed by atoms with Gasteiger partial charge < -0.3 is 15.1 Å². The fourth-order valence-electron chi connectivity index (χ4n) is 3.65. The van der Waals surface area contributed by atoms with E-state index in [0.29, 0.717) is 11.4 Å². The van der Waals surface area contributed by atoms with Gasteiger partial charge in [0.2, 0.25) is 17.7 Å². The molecular weight excluding hydrogens is 330 g/mol. The molecule has 1 aromatic rings. The van der Waals surface area contributed by atoms with Crippen molar-refractivity contribution in [1.82, 2.24) is 4.90 Å². The predicted octanol–water partition coefficient (Wildman–Crippen LogP) is 2.57. The van der Waals surface area contributed by atoms with Crippen LogP contribution in [0.5, 0.6) is 0 Å². The Morgan fingerprint density at radius 3 is 2.77 bits per heavy atom. The Morgan fingerprint density at radius 1 is 1.27 bits per heavy atom. The summed E-state index contributed by atoms with van der Waals surface area (Å²) in [7, 11) is 1.68. The lowest BCUT2D eigenvalue weighted by Gasteiger charge is -2.31. The highest BCUT2D eigenvalue weighted by Gasteiger charge is 2.31. The predicted molar refractivity (Wildman–Crippen MR) is 101 cm³/mol. The minimum absolute atomic E-state index is 0.00587. The summed E-state index contributed by atoms with van der Waals surface area (Å²) in [6.07, 6.45) is 6.82. The van der Waals surface area contributed by atoms with Crippen molar-refractivity contribution in [3.8, 4) is 0 Å². The first-order chi connectivity index (χ1) is 12.5. The third-order valence-corrected chi connectivity index (χ3v) is 4.99. The topological polar surface area (TPSA) is 69.7 Å². The SMILES string of the molecule is C[C@@H]1CC(=O)Nc2ccccc2N1C(=O)CN(C)C(=O)[C@@H]1CC=CCC1. The van der Waals surface area contributed by atoms with E-state index in [-0.39, 0.29) is 42.6 Å². The van der Waals surface area contributed by atoms with Crippen molar-refractivity contribution in [2.24, 2.45) is 5.92 Å². The average molecular weight is 355 g/mol. The number of para-hydroxylation sites is 2. The molecular formula is C20H25N3O3. The van der Waals surface area contributed by atoms with E-state index in [4.69, 9.17) is 0 Å². The maximum absolute atomic E-state index is 13.0. The van der Waals surface area contributed by atoms with E-state index in [1.807, 2.05) is 31.2 Å². The largest absolute Gasteiger partial charge is 0.336 e. The zero-order chi connectivity index (χ0) is 18.7. The Balaban J connectivity index is 1.76. The van der Waals surface area contributed by atoms with Crippen LogP contribution in [-0.4, -0.2) is 42.3 Å². The summed E-state index contributed by atoms with van der Waals surface area (Å²) >= 11 is 0. The minimum atomic E-state index is -0.271. The molecule has 138 valence electrons. The summed E-state index contributed by atoms with van der Waals surface area (Å²) in [5.41, 5.74) is 1.30. The standard InChI is InChI=1S/C20H25N3O3/c1-14-12-18(24)21-16-10-6-7-11-17(16)23(14)19(25)13-22(2)20(26)15-8-4-3-5-9-15/h3-4,6-7,10-11,14-15H,5,8-9,12-13H2,1-2H3,(H,21,24)/t14-,15-/m1/s1. The number of nitrogens with zero attached hydrogens (tertiary/aromatic N) is 2. The van der Waals surface area contributed by atoms with Crippen LogP contribution in [-0.2, 0) is 14.4 Å². The lowest BCUT2D eigenvalue weighted by atomic mass is 9.93. The highest BCUT2D eigenvalue weighted by atomic mass is 16.2. The molecule has 1 aliphatic heterocycles. The van der Waals surface area contributed by atoms with Crippen molar-refractivity contribution in [3.63, 3.8) is 0 Å². The van der Waals surface area contributed by atoms with Gasteiger partial charge in [0.25, 0.3) is 0 Å². The molecule has 1 heterocycles. The van der Waals surface area contributed by atoms with E-state index in [1.54, 1.807) is 18.0 Å². The van der Waals surface area contributed by atoms with Crippen LogP contribution >= 0.6 is 0 Å². The van der Waals surface area contributed by atoms with Gasteiger partial charge in [-0.15, -0.1) is 0 Å². The van der Waals surface area contributed by atoms with E-state index >= 15 is 0 Å². The summed E-state index contributed by atoms with van der Waals surface area (Å²) in [5, 5.41) is 2.84. The molecule has 0 bridgehead atoms. The van der Waals surface area contributed by atoms with Gasteiger partial charge in [0.05, 0.1) is 17.9 Å². The van der Waals surface area contributed by atoms with E-state index in [2.05, 4.69) is 11.4 Å². The molecule has 0 aromatic heterocycles. The van der Waals surface area contributed by atoms with Gasteiger partial charge in [0.15, 0.2) is 0 Å². The molecule has 3 rings (SSSR count). The summed E-state index contributed by atoms with van der Waals surface area (Å²) < 4.78 is 0. The van der Waals surface area contributed by atoms with Crippen molar-refractivity contribution >= 4 is 29.1 Å². The number of anilines is 2. The maximum Gasteiger partial charge on any atom is 0.246 e. The number of rotatable bonds is 3. The second kappa shape index (κ2) is 7.72. The number of allylic oxidation sites excluding steroid dienone is 2. The second-order valence-corrected chi connectivity index (χ2v) is 7.06. The molecule has 0 fully saturated rings. The van der Waals surface area contributed by atoms with Crippen LogP contribution in [0.1, 0.15) is 32.6 Å². The van der Waals surface area contributed by atoms with Crippen molar-refractivity contribution < 1.29 is 14.4 Å². The smallest absolute Gasteiger partial charge is 0.246 e. The maximum atomic E-state index is 13.0. The van der Waals surface area contributed by atoms with E-state index in [9.17, 15) is 14.4 Å². The fourth-order valence-corrected chi connectivity index (χ4v) is 3.65. The van der Waals surface area contributed by atoms with Gasteiger partial charge in [-0.25, -0.2) is 0 Å².